The van der Waals surface area contributed by atoms with E-state index < -0.39 is 5.91 Å². The summed E-state index contributed by atoms with van der Waals surface area (Å²) in [6.45, 7) is 1.78. The Labute approximate surface area is 135 Å². The van der Waals surface area contributed by atoms with Crippen LogP contribution in [0.1, 0.15) is 22.8 Å². The van der Waals surface area contributed by atoms with Crippen LogP contribution in [0.4, 0.5) is 0 Å². The summed E-state index contributed by atoms with van der Waals surface area (Å²) < 4.78 is 0.881. The van der Waals surface area contributed by atoms with E-state index in [4.69, 9.17) is 11.6 Å². The minimum Gasteiger partial charge on any atom is -0.507 e. The Morgan fingerprint density at radius 2 is 1.95 bits per heavy atom. The lowest BCUT2D eigenvalue weighted by atomic mass is 10.1. The Balaban J connectivity index is 2.19. The van der Waals surface area contributed by atoms with Crippen LogP contribution >= 0.6 is 27.5 Å². The second-order valence-corrected chi connectivity index (χ2v) is 5.57. The second kappa shape index (κ2) is 6.74. The normalized spacial score (nSPS) is 11.3. The molecule has 0 fully saturated rings. The Morgan fingerprint density at radius 1 is 1.24 bits per heavy atom. The minimum absolute atomic E-state index is 0.0752. The number of carbonyl (C=O) groups excluding carboxylic acids is 1. The molecule has 4 nitrogen and oxygen atoms in total. The third kappa shape index (κ3) is 3.83. The molecule has 0 bridgehead atoms. The van der Waals surface area contributed by atoms with Crippen LogP contribution in [0, 0.1) is 0 Å². The molecule has 2 aromatic rings. The molecular weight excluding hydrogens is 356 g/mol. The van der Waals surface area contributed by atoms with Gasteiger partial charge in [0.2, 0.25) is 0 Å². The maximum absolute atomic E-state index is 12.0. The van der Waals surface area contributed by atoms with Gasteiger partial charge in [0.1, 0.15) is 5.75 Å². The molecule has 0 aliphatic rings. The van der Waals surface area contributed by atoms with E-state index in [1.165, 1.54) is 18.2 Å². The number of nitrogens with zero attached hydrogens (tertiary/aromatic N) is 1. The van der Waals surface area contributed by atoms with Crippen molar-refractivity contribution in [2.75, 3.05) is 0 Å². The fourth-order valence-corrected chi connectivity index (χ4v) is 2.44. The lowest BCUT2D eigenvalue weighted by Gasteiger charge is -2.06. The number of hydrazone groups is 1. The largest absolute Gasteiger partial charge is 0.507 e. The lowest BCUT2D eigenvalue weighted by molar-refractivity contribution is 0.0952. The van der Waals surface area contributed by atoms with Gasteiger partial charge in [-0.15, -0.1) is 0 Å². The first-order valence-electron chi connectivity index (χ1n) is 6.07. The van der Waals surface area contributed by atoms with Crippen molar-refractivity contribution in [1.29, 1.82) is 0 Å². The molecule has 0 atom stereocenters. The number of halogens is 2. The number of hydrogen-bond donors (Lipinski definition) is 2. The van der Waals surface area contributed by atoms with Gasteiger partial charge in [0.15, 0.2) is 0 Å². The molecule has 6 heteroatoms. The third-order valence-electron chi connectivity index (χ3n) is 2.79. The summed E-state index contributed by atoms with van der Waals surface area (Å²) in [5.74, 6) is -0.674. The maximum Gasteiger partial charge on any atom is 0.275 e. The van der Waals surface area contributed by atoms with Crippen molar-refractivity contribution < 1.29 is 9.90 Å². The zero-order chi connectivity index (χ0) is 15.4. The van der Waals surface area contributed by atoms with Crippen LogP contribution in [0.15, 0.2) is 52.0 Å². The monoisotopic (exact) mass is 366 g/mol. The van der Waals surface area contributed by atoms with Crippen molar-refractivity contribution in [2.45, 2.75) is 6.92 Å². The predicted octanol–water partition coefficient (Wildman–Crippen LogP) is 3.96. The molecule has 0 saturated heterocycles. The van der Waals surface area contributed by atoms with E-state index >= 15 is 0 Å². The summed E-state index contributed by atoms with van der Waals surface area (Å²) in [4.78, 5) is 12.0. The van der Waals surface area contributed by atoms with Crippen LogP contribution in [0.5, 0.6) is 5.75 Å². The van der Waals surface area contributed by atoms with Crippen LogP contribution in [0.25, 0.3) is 0 Å². The summed E-state index contributed by atoms with van der Waals surface area (Å²) in [5, 5.41) is 14.1. The fraction of sp³-hybridized carbons (Fsp3) is 0.0667. The molecule has 2 aromatic carbocycles. The highest BCUT2D eigenvalue weighted by molar-refractivity contribution is 9.10. The summed E-state index contributed by atoms with van der Waals surface area (Å²) in [6.07, 6.45) is 0. The molecule has 0 aliphatic heterocycles. The number of phenolic OH excluding ortho intramolecular Hbond substituents is 1. The van der Waals surface area contributed by atoms with Gasteiger partial charge in [0.25, 0.3) is 5.91 Å². The van der Waals surface area contributed by atoms with Crippen LogP contribution < -0.4 is 5.43 Å². The van der Waals surface area contributed by atoms with Crippen LogP contribution in [0.3, 0.4) is 0 Å². The molecule has 0 heterocycles. The van der Waals surface area contributed by atoms with Gasteiger partial charge in [0, 0.05) is 15.1 Å². The molecule has 21 heavy (non-hydrogen) atoms. The van der Waals surface area contributed by atoms with E-state index in [1.54, 1.807) is 6.92 Å². The highest BCUT2D eigenvalue weighted by Crippen LogP contribution is 2.21. The molecule has 108 valence electrons. The SMILES string of the molecule is C/C(=N/NC(=O)c1cc(Cl)ccc1O)c1ccccc1Br. The van der Waals surface area contributed by atoms with Gasteiger partial charge in [-0.25, -0.2) is 5.43 Å². The number of phenols is 1. The first-order chi connectivity index (χ1) is 9.99. The van der Waals surface area contributed by atoms with Gasteiger partial charge in [-0.1, -0.05) is 45.7 Å². The summed E-state index contributed by atoms with van der Waals surface area (Å²) in [6, 6.07) is 11.8. The summed E-state index contributed by atoms with van der Waals surface area (Å²) >= 11 is 9.23. The fourth-order valence-electron chi connectivity index (χ4n) is 1.70. The van der Waals surface area contributed by atoms with Crippen molar-refractivity contribution in [3.05, 3.63) is 63.1 Å². The first-order valence-corrected chi connectivity index (χ1v) is 7.24. The number of carbonyl (C=O) groups is 1. The highest BCUT2D eigenvalue weighted by atomic mass is 79.9. The molecule has 0 aliphatic carbocycles. The van der Waals surface area contributed by atoms with E-state index in [9.17, 15) is 9.90 Å². The topological polar surface area (TPSA) is 61.7 Å². The van der Waals surface area contributed by atoms with Gasteiger partial charge in [-0.3, -0.25) is 4.79 Å². The number of rotatable bonds is 3. The van der Waals surface area contributed by atoms with Gasteiger partial charge in [-0.05, 0) is 31.2 Å². The average molecular weight is 368 g/mol. The molecule has 1 amide bonds. The van der Waals surface area contributed by atoms with Gasteiger partial charge < -0.3 is 5.11 Å². The number of benzene rings is 2. The van der Waals surface area contributed by atoms with E-state index in [1.807, 2.05) is 24.3 Å². The standard InChI is InChI=1S/C15H12BrClN2O2/c1-9(11-4-2-3-5-13(11)16)18-19-15(21)12-8-10(17)6-7-14(12)20/h2-8,20H,1H3,(H,19,21)/b18-9-. The Morgan fingerprint density at radius 3 is 2.67 bits per heavy atom. The van der Waals surface area contributed by atoms with Crippen LogP contribution in [-0.4, -0.2) is 16.7 Å². The number of hydrogen-bond acceptors (Lipinski definition) is 3. The number of amides is 1. The minimum atomic E-state index is -0.526. The van der Waals surface area contributed by atoms with Crippen molar-refractivity contribution in [3.63, 3.8) is 0 Å². The van der Waals surface area contributed by atoms with E-state index in [0.717, 1.165) is 10.0 Å². The smallest absolute Gasteiger partial charge is 0.275 e. The molecule has 0 spiro atoms. The van der Waals surface area contributed by atoms with E-state index in [0.29, 0.717) is 10.7 Å². The van der Waals surface area contributed by atoms with Gasteiger partial charge in [0.05, 0.1) is 11.3 Å². The molecule has 2 N–H and O–H groups in total. The third-order valence-corrected chi connectivity index (χ3v) is 3.72. The highest BCUT2D eigenvalue weighted by Gasteiger charge is 2.11. The zero-order valence-electron chi connectivity index (χ0n) is 11.1. The van der Waals surface area contributed by atoms with E-state index in [2.05, 4.69) is 26.5 Å². The zero-order valence-corrected chi connectivity index (χ0v) is 13.4. The van der Waals surface area contributed by atoms with Crippen LogP contribution in [-0.2, 0) is 0 Å². The first kappa shape index (κ1) is 15.5. The summed E-state index contributed by atoms with van der Waals surface area (Å²) in [7, 11) is 0. The molecule has 0 radical (unpaired) electrons. The van der Waals surface area contributed by atoms with Crippen molar-refractivity contribution >= 4 is 39.1 Å². The van der Waals surface area contributed by atoms with Crippen LogP contribution in [0.2, 0.25) is 5.02 Å². The predicted molar refractivity (Wildman–Crippen MR) is 86.9 cm³/mol. The Hall–Kier alpha value is -1.85. The Kier molecular flexibility index (Phi) is 4.98. The van der Waals surface area contributed by atoms with Crippen molar-refractivity contribution in [2.24, 2.45) is 5.10 Å². The number of nitrogens with one attached hydrogen (secondary N) is 1. The van der Waals surface area contributed by atoms with Gasteiger partial charge in [-0.2, -0.15) is 5.10 Å². The van der Waals surface area contributed by atoms with Gasteiger partial charge >= 0.3 is 0 Å². The second-order valence-electron chi connectivity index (χ2n) is 4.28. The number of aromatic hydroxyl groups is 1. The molecular formula is C15H12BrClN2O2. The average Bonchev–Trinajstić information content (AvgIpc) is 2.47. The van der Waals surface area contributed by atoms with Crippen molar-refractivity contribution in [3.8, 4) is 5.75 Å². The maximum atomic E-state index is 12.0. The molecule has 0 aromatic heterocycles. The Bertz CT molecular complexity index is 717. The quantitative estimate of drug-likeness (QED) is 0.637. The summed E-state index contributed by atoms with van der Waals surface area (Å²) in [5.41, 5.74) is 3.98. The van der Waals surface area contributed by atoms with E-state index in [-0.39, 0.29) is 11.3 Å². The lowest BCUT2D eigenvalue weighted by Crippen LogP contribution is -2.19. The van der Waals surface area contributed by atoms with Crippen molar-refractivity contribution in [1.82, 2.24) is 5.43 Å². The molecule has 2 rings (SSSR count). The molecule has 0 unspecified atom stereocenters. The molecule has 0 saturated carbocycles.